The van der Waals surface area contributed by atoms with E-state index in [0.29, 0.717) is 5.75 Å². The Balaban J connectivity index is 1.94. The van der Waals surface area contributed by atoms with Gasteiger partial charge in [0, 0.05) is 17.4 Å². The van der Waals surface area contributed by atoms with E-state index in [1.165, 1.54) is 16.7 Å². The number of phenols is 1. The van der Waals surface area contributed by atoms with Gasteiger partial charge in [-0.05, 0) is 43.2 Å². The van der Waals surface area contributed by atoms with Gasteiger partial charge in [0.05, 0.1) is 0 Å². The van der Waals surface area contributed by atoms with Crippen LogP contribution < -0.4 is 4.74 Å². The molecule has 0 radical (unpaired) electrons. The summed E-state index contributed by atoms with van der Waals surface area (Å²) in [5.41, 5.74) is 3.30. The Morgan fingerprint density at radius 2 is 1.40 bits per heavy atom. The molecule has 2 atom stereocenters. The fourth-order valence-corrected chi connectivity index (χ4v) is 4.07. The van der Waals surface area contributed by atoms with Crippen molar-refractivity contribution in [3.63, 3.8) is 0 Å². The number of aromatic hydroxyl groups is 1. The van der Waals surface area contributed by atoms with E-state index < -0.39 is 0 Å². The van der Waals surface area contributed by atoms with Gasteiger partial charge in [0.25, 0.3) is 0 Å². The van der Waals surface area contributed by atoms with E-state index in [4.69, 9.17) is 4.74 Å². The van der Waals surface area contributed by atoms with Crippen LogP contribution in [0.25, 0.3) is 0 Å². The van der Waals surface area contributed by atoms with Crippen molar-refractivity contribution in [1.82, 2.24) is 0 Å². The van der Waals surface area contributed by atoms with Crippen LogP contribution in [0.2, 0.25) is 0 Å². The highest BCUT2D eigenvalue weighted by atomic mass is 16.5. The monoisotopic (exact) mass is 330 g/mol. The fourth-order valence-electron chi connectivity index (χ4n) is 4.07. The van der Waals surface area contributed by atoms with Crippen LogP contribution in [-0.4, -0.2) is 10.7 Å². The number of rotatable bonds is 2. The molecule has 0 amide bonds. The van der Waals surface area contributed by atoms with E-state index in [1.807, 2.05) is 30.3 Å². The predicted octanol–water partition coefficient (Wildman–Crippen LogP) is 5.48. The second kappa shape index (κ2) is 5.96. The minimum atomic E-state index is -0.349. The first-order chi connectivity index (χ1) is 12.1. The zero-order valence-corrected chi connectivity index (χ0v) is 14.5. The molecule has 1 aliphatic rings. The van der Waals surface area contributed by atoms with Gasteiger partial charge < -0.3 is 9.84 Å². The zero-order chi connectivity index (χ0) is 17.4. The molecule has 0 saturated carbocycles. The molecule has 2 heteroatoms. The fraction of sp³-hybridized carbons (Fsp3) is 0.217. The maximum Gasteiger partial charge on any atom is 0.123 e. The Bertz CT molecular complexity index is 866. The smallest absolute Gasteiger partial charge is 0.123 e. The topological polar surface area (TPSA) is 29.5 Å². The first-order valence-electron chi connectivity index (χ1n) is 8.68. The van der Waals surface area contributed by atoms with E-state index in [2.05, 4.69) is 50.2 Å². The Kier molecular flexibility index (Phi) is 3.76. The average molecular weight is 330 g/mol. The highest BCUT2D eigenvalue weighted by Crippen LogP contribution is 2.52. The standard InChI is InChI=1S/C23H22O2/c1-23(2)22(17-8-4-3-5-9-17)21(16-12-14-18(24)15-13-16)19-10-6-7-11-20(19)25-23/h3-15,21-22,24H,1-2H3. The molecular formula is C23H22O2. The van der Waals surface area contributed by atoms with Gasteiger partial charge in [0.1, 0.15) is 17.1 Å². The van der Waals surface area contributed by atoms with Crippen molar-refractivity contribution >= 4 is 0 Å². The maximum absolute atomic E-state index is 9.71. The lowest BCUT2D eigenvalue weighted by atomic mass is 9.68. The van der Waals surface area contributed by atoms with Gasteiger partial charge in [-0.25, -0.2) is 0 Å². The van der Waals surface area contributed by atoms with E-state index >= 15 is 0 Å². The Morgan fingerprint density at radius 1 is 0.760 bits per heavy atom. The molecule has 2 nitrogen and oxygen atoms in total. The maximum atomic E-state index is 9.71. The first-order valence-corrected chi connectivity index (χ1v) is 8.68. The van der Waals surface area contributed by atoms with Crippen LogP contribution in [0.1, 0.15) is 42.4 Å². The normalized spacial score (nSPS) is 21.2. The Hall–Kier alpha value is -2.74. The molecule has 2 unspecified atom stereocenters. The Labute approximate surface area is 148 Å². The third kappa shape index (κ3) is 2.78. The molecule has 1 aliphatic heterocycles. The number of hydrogen-bond donors (Lipinski definition) is 1. The number of ether oxygens (including phenoxy) is 1. The molecule has 25 heavy (non-hydrogen) atoms. The SMILES string of the molecule is CC1(C)Oc2ccccc2C(c2ccc(O)cc2)C1c1ccccc1. The van der Waals surface area contributed by atoms with Crippen molar-refractivity contribution in [2.75, 3.05) is 0 Å². The third-order valence-corrected chi connectivity index (χ3v) is 5.12. The average Bonchev–Trinajstić information content (AvgIpc) is 2.61. The lowest BCUT2D eigenvalue weighted by Gasteiger charge is -2.45. The van der Waals surface area contributed by atoms with Crippen molar-refractivity contribution < 1.29 is 9.84 Å². The number of benzene rings is 3. The van der Waals surface area contributed by atoms with Crippen molar-refractivity contribution in [2.45, 2.75) is 31.3 Å². The number of hydrogen-bond acceptors (Lipinski definition) is 2. The molecule has 4 rings (SSSR count). The second-order valence-electron chi connectivity index (χ2n) is 7.20. The van der Waals surface area contributed by atoms with E-state index in [9.17, 15) is 5.11 Å². The van der Waals surface area contributed by atoms with Crippen molar-refractivity contribution in [2.24, 2.45) is 0 Å². The molecule has 0 saturated heterocycles. The van der Waals surface area contributed by atoms with Gasteiger partial charge in [-0.15, -0.1) is 0 Å². The van der Waals surface area contributed by atoms with Crippen molar-refractivity contribution in [1.29, 1.82) is 0 Å². The summed E-state index contributed by atoms with van der Waals surface area (Å²) in [6, 6.07) is 26.4. The molecule has 0 fully saturated rings. The number of para-hydroxylation sites is 1. The summed E-state index contributed by atoms with van der Waals surface area (Å²) in [7, 11) is 0. The van der Waals surface area contributed by atoms with Crippen LogP contribution in [0.3, 0.4) is 0 Å². The first kappa shape index (κ1) is 15.8. The van der Waals surface area contributed by atoms with E-state index in [0.717, 1.165) is 5.75 Å². The number of fused-ring (bicyclic) bond motifs is 1. The summed E-state index contributed by atoms with van der Waals surface area (Å²) >= 11 is 0. The van der Waals surface area contributed by atoms with Crippen molar-refractivity contribution in [3.05, 3.63) is 95.6 Å². The summed E-state index contributed by atoms with van der Waals surface area (Å²) < 4.78 is 6.41. The van der Waals surface area contributed by atoms with Gasteiger partial charge in [0.2, 0.25) is 0 Å². The number of phenolic OH excluding ortho intramolecular Hbond substituents is 1. The minimum Gasteiger partial charge on any atom is -0.508 e. The van der Waals surface area contributed by atoms with Gasteiger partial charge in [-0.2, -0.15) is 0 Å². The molecule has 126 valence electrons. The summed E-state index contributed by atoms with van der Waals surface area (Å²) in [6.45, 7) is 4.32. The highest BCUT2D eigenvalue weighted by molar-refractivity contribution is 5.50. The van der Waals surface area contributed by atoms with Gasteiger partial charge in [-0.3, -0.25) is 0 Å². The Morgan fingerprint density at radius 3 is 2.12 bits per heavy atom. The molecule has 1 N–H and O–H groups in total. The molecule has 0 spiro atoms. The van der Waals surface area contributed by atoms with Crippen LogP contribution in [0, 0.1) is 0 Å². The van der Waals surface area contributed by atoms with Crippen LogP contribution >= 0.6 is 0 Å². The highest BCUT2D eigenvalue weighted by Gasteiger charge is 2.45. The minimum absolute atomic E-state index is 0.169. The van der Waals surface area contributed by atoms with Gasteiger partial charge in [0.15, 0.2) is 0 Å². The molecule has 0 bridgehead atoms. The molecule has 0 aromatic heterocycles. The zero-order valence-electron chi connectivity index (χ0n) is 14.5. The van der Waals surface area contributed by atoms with Gasteiger partial charge in [-0.1, -0.05) is 60.7 Å². The summed E-state index contributed by atoms with van der Waals surface area (Å²) in [4.78, 5) is 0. The lowest BCUT2D eigenvalue weighted by molar-refractivity contribution is 0.0531. The summed E-state index contributed by atoms with van der Waals surface area (Å²) in [5, 5.41) is 9.71. The summed E-state index contributed by atoms with van der Waals surface area (Å²) in [5.74, 6) is 1.58. The second-order valence-corrected chi connectivity index (χ2v) is 7.20. The predicted molar refractivity (Wildman–Crippen MR) is 100 cm³/mol. The van der Waals surface area contributed by atoms with Gasteiger partial charge >= 0.3 is 0 Å². The summed E-state index contributed by atoms with van der Waals surface area (Å²) in [6.07, 6.45) is 0. The van der Waals surface area contributed by atoms with Crippen LogP contribution in [0.5, 0.6) is 11.5 Å². The van der Waals surface area contributed by atoms with Crippen LogP contribution in [-0.2, 0) is 0 Å². The molecule has 3 aromatic carbocycles. The molecule has 3 aromatic rings. The molecule has 0 aliphatic carbocycles. The van der Waals surface area contributed by atoms with E-state index in [1.54, 1.807) is 12.1 Å². The van der Waals surface area contributed by atoms with Crippen LogP contribution in [0.15, 0.2) is 78.9 Å². The van der Waals surface area contributed by atoms with Crippen LogP contribution in [0.4, 0.5) is 0 Å². The molecule has 1 heterocycles. The van der Waals surface area contributed by atoms with E-state index in [-0.39, 0.29) is 17.4 Å². The largest absolute Gasteiger partial charge is 0.508 e. The third-order valence-electron chi connectivity index (χ3n) is 5.12. The quantitative estimate of drug-likeness (QED) is 0.674. The van der Waals surface area contributed by atoms with Crippen molar-refractivity contribution in [3.8, 4) is 11.5 Å². The molecular weight excluding hydrogens is 308 g/mol. The lowest BCUT2D eigenvalue weighted by Crippen LogP contribution is -2.43.